The first-order valence-corrected chi connectivity index (χ1v) is 4.83. The van der Waals surface area contributed by atoms with Gasteiger partial charge in [0.1, 0.15) is 0 Å². The van der Waals surface area contributed by atoms with Gasteiger partial charge in [0.25, 0.3) is 0 Å². The first kappa shape index (κ1) is 9.65. The fourth-order valence-electron chi connectivity index (χ4n) is 1.54. The van der Waals surface area contributed by atoms with Crippen molar-refractivity contribution in [2.24, 2.45) is 0 Å². The number of aromatic amines is 1. The second-order valence-corrected chi connectivity index (χ2v) is 3.48. The van der Waals surface area contributed by atoms with Crippen LogP contribution in [-0.2, 0) is 6.42 Å². The Labute approximate surface area is 87.8 Å². The second-order valence-electron chi connectivity index (χ2n) is 3.48. The van der Waals surface area contributed by atoms with Gasteiger partial charge < -0.3 is 4.98 Å². The molecule has 0 aromatic carbocycles. The Bertz CT molecular complexity index is 503. The van der Waals surface area contributed by atoms with Crippen LogP contribution < -0.4 is 5.43 Å². The van der Waals surface area contributed by atoms with E-state index in [1.54, 1.807) is 24.7 Å². The van der Waals surface area contributed by atoms with Crippen molar-refractivity contribution in [2.45, 2.75) is 13.3 Å². The molecule has 1 N–H and O–H groups in total. The molecule has 0 radical (unpaired) electrons. The Morgan fingerprint density at radius 1 is 1.27 bits per heavy atom. The maximum atomic E-state index is 11.6. The van der Waals surface area contributed by atoms with Crippen molar-refractivity contribution in [1.29, 1.82) is 0 Å². The van der Waals surface area contributed by atoms with Crippen molar-refractivity contribution in [1.82, 2.24) is 9.97 Å². The molecule has 2 aromatic heterocycles. The molecule has 0 amide bonds. The fraction of sp³-hybridized carbons (Fsp3) is 0.167. The Morgan fingerprint density at radius 2 is 2.00 bits per heavy atom. The lowest BCUT2D eigenvalue weighted by Crippen LogP contribution is -2.11. The van der Waals surface area contributed by atoms with Crippen LogP contribution in [0.15, 0.2) is 41.6 Å². The smallest absolute Gasteiger partial charge is 0.185 e. The summed E-state index contributed by atoms with van der Waals surface area (Å²) in [5.74, 6) is 0. The van der Waals surface area contributed by atoms with Crippen LogP contribution in [-0.4, -0.2) is 9.97 Å². The lowest BCUT2D eigenvalue weighted by molar-refractivity contribution is 1.05. The van der Waals surface area contributed by atoms with Gasteiger partial charge in [0.05, 0.1) is 0 Å². The zero-order valence-corrected chi connectivity index (χ0v) is 8.53. The summed E-state index contributed by atoms with van der Waals surface area (Å²) in [5.41, 5.74) is 2.94. The lowest BCUT2D eigenvalue weighted by Gasteiger charge is -2.03. The standard InChI is InChI=1S/C12H12N2O/c1-9-11(12(15)4-7-14-9)8-10-2-5-13-6-3-10/h2-7H,8H2,1H3,(H,14,15). The van der Waals surface area contributed by atoms with Gasteiger partial charge in [0.15, 0.2) is 5.43 Å². The van der Waals surface area contributed by atoms with Gasteiger partial charge in [0.2, 0.25) is 0 Å². The number of H-pyrrole nitrogens is 1. The largest absolute Gasteiger partial charge is 0.365 e. The predicted octanol–water partition coefficient (Wildman–Crippen LogP) is 1.67. The molecule has 0 aliphatic rings. The molecule has 3 nitrogen and oxygen atoms in total. The van der Waals surface area contributed by atoms with Crippen molar-refractivity contribution in [2.75, 3.05) is 0 Å². The maximum absolute atomic E-state index is 11.6. The minimum atomic E-state index is 0.0862. The summed E-state index contributed by atoms with van der Waals surface area (Å²) >= 11 is 0. The van der Waals surface area contributed by atoms with E-state index in [9.17, 15) is 4.79 Å². The molecule has 0 fully saturated rings. The molecule has 76 valence electrons. The molecule has 15 heavy (non-hydrogen) atoms. The average molecular weight is 200 g/mol. The Balaban J connectivity index is 2.37. The van der Waals surface area contributed by atoms with E-state index in [0.29, 0.717) is 6.42 Å². The highest BCUT2D eigenvalue weighted by Crippen LogP contribution is 2.06. The van der Waals surface area contributed by atoms with E-state index in [4.69, 9.17) is 0 Å². The van der Waals surface area contributed by atoms with Crippen LogP contribution >= 0.6 is 0 Å². The number of hydrogen-bond acceptors (Lipinski definition) is 2. The van der Waals surface area contributed by atoms with Gasteiger partial charge in [-0.1, -0.05) is 0 Å². The number of hydrogen-bond donors (Lipinski definition) is 1. The maximum Gasteiger partial charge on any atom is 0.185 e. The Morgan fingerprint density at radius 3 is 2.67 bits per heavy atom. The zero-order chi connectivity index (χ0) is 10.7. The highest BCUT2D eigenvalue weighted by Gasteiger charge is 2.03. The molecule has 0 saturated carbocycles. The molecular weight excluding hydrogens is 188 g/mol. The topological polar surface area (TPSA) is 45.8 Å². The number of aryl methyl sites for hydroxylation is 1. The average Bonchev–Trinajstić information content (AvgIpc) is 2.25. The summed E-state index contributed by atoms with van der Waals surface area (Å²) in [6, 6.07) is 5.40. The van der Waals surface area contributed by atoms with Crippen molar-refractivity contribution >= 4 is 0 Å². The van der Waals surface area contributed by atoms with Crippen LogP contribution in [0.3, 0.4) is 0 Å². The quantitative estimate of drug-likeness (QED) is 0.801. The molecule has 0 aliphatic heterocycles. The molecule has 0 aliphatic carbocycles. The molecule has 2 heterocycles. The van der Waals surface area contributed by atoms with Crippen molar-refractivity contribution in [3.05, 3.63) is 63.8 Å². The number of aromatic nitrogens is 2. The van der Waals surface area contributed by atoms with E-state index in [-0.39, 0.29) is 5.43 Å². The van der Waals surface area contributed by atoms with Gasteiger partial charge in [-0.3, -0.25) is 9.78 Å². The molecule has 0 bridgehead atoms. The molecule has 0 spiro atoms. The van der Waals surface area contributed by atoms with Gasteiger partial charge in [-0.2, -0.15) is 0 Å². The van der Waals surface area contributed by atoms with Crippen LogP contribution in [0.2, 0.25) is 0 Å². The van der Waals surface area contributed by atoms with E-state index in [1.807, 2.05) is 19.1 Å². The second kappa shape index (κ2) is 4.09. The SMILES string of the molecule is Cc1[nH]ccc(=O)c1Cc1ccncc1. The highest BCUT2D eigenvalue weighted by atomic mass is 16.1. The Kier molecular flexibility index (Phi) is 2.63. The molecule has 3 heteroatoms. The normalized spacial score (nSPS) is 10.2. The van der Waals surface area contributed by atoms with Crippen LogP contribution in [0.25, 0.3) is 0 Å². The summed E-state index contributed by atoms with van der Waals surface area (Å²) in [6.45, 7) is 1.91. The van der Waals surface area contributed by atoms with E-state index < -0.39 is 0 Å². The summed E-state index contributed by atoms with van der Waals surface area (Å²) in [7, 11) is 0. The molecule has 2 aromatic rings. The third-order valence-corrected chi connectivity index (χ3v) is 2.41. The number of pyridine rings is 2. The van der Waals surface area contributed by atoms with Crippen LogP contribution in [0, 0.1) is 6.92 Å². The number of rotatable bonds is 2. The van der Waals surface area contributed by atoms with Crippen LogP contribution in [0.5, 0.6) is 0 Å². The van der Waals surface area contributed by atoms with Gasteiger partial charge in [-0.05, 0) is 24.6 Å². The highest BCUT2D eigenvalue weighted by molar-refractivity contribution is 5.26. The first-order valence-electron chi connectivity index (χ1n) is 4.83. The minimum Gasteiger partial charge on any atom is -0.365 e. The van der Waals surface area contributed by atoms with E-state index >= 15 is 0 Å². The van der Waals surface area contributed by atoms with Crippen LogP contribution in [0.4, 0.5) is 0 Å². The first-order chi connectivity index (χ1) is 7.27. The predicted molar refractivity (Wildman–Crippen MR) is 58.8 cm³/mol. The molecule has 0 saturated heterocycles. The monoisotopic (exact) mass is 200 g/mol. The van der Waals surface area contributed by atoms with Gasteiger partial charge in [0, 0.05) is 42.3 Å². The molecule has 2 rings (SSSR count). The summed E-state index contributed by atoms with van der Waals surface area (Å²) in [5, 5.41) is 0. The molecule has 0 unspecified atom stereocenters. The van der Waals surface area contributed by atoms with Crippen LogP contribution in [0.1, 0.15) is 16.8 Å². The summed E-state index contributed by atoms with van der Waals surface area (Å²) < 4.78 is 0. The van der Waals surface area contributed by atoms with Crippen molar-refractivity contribution in [3.63, 3.8) is 0 Å². The third-order valence-electron chi connectivity index (χ3n) is 2.41. The summed E-state index contributed by atoms with van der Waals surface area (Å²) in [6.07, 6.45) is 5.81. The molecule has 0 atom stereocenters. The van der Waals surface area contributed by atoms with Gasteiger partial charge >= 0.3 is 0 Å². The third kappa shape index (κ3) is 2.13. The fourth-order valence-corrected chi connectivity index (χ4v) is 1.54. The zero-order valence-electron chi connectivity index (χ0n) is 8.53. The van der Waals surface area contributed by atoms with E-state index in [2.05, 4.69) is 9.97 Å². The van der Waals surface area contributed by atoms with E-state index in [1.165, 1.54) is 0 Å². The van der Waals surface area contributed by atoms with Crippen molar-refractivity contribution < 1.29 is 0 Å². The van der Waals surface area contributed by atoms with E-state index in [0.717, 1.165) is 16.8 Å². The molecular formula is C12H12N2O. The van der Waals surface area contributed by atoms with Gasteiger partial charge in [-0.15, -0.1) is 0 Å². The summed E-state index contributed by atoms with van der Waals surface area (Å²) in [4.78, 5) is 18.6. The van der Waals surface area contributed by atoms with Gasteiger partial charge in [-0.25, -0.2) is 0 Å². The minimum absolute atomic E-state index is 0.0862. The number of nitrogens with one attached hydrogen (secondary N) is 1. The lowest BCUT2D eigenvalue weighted by atomic mass is 10.1. The number of nitrogens with zero attached hydrogens (tertiary/aromatic N) is 1. The van der Waals surface area contributed by atoms with Crippen molar-refractivity contribution in [3.8, 4) is 0 Å². The Hall–Kier alpha value is -1.90.